The molecule has 0 spiro atoms. The fourth-order valence-corrected chi connectivity index (χ4v) is 2.54. The number of benzene rings is 2. The van der Waals surface area contributed by atoms with Crippen molar-refractivity contribution in [2.75, 3.05) is 0 Å². The Morgan fingerprint density at radius 1 is 1.22 bits per heavy atom. The Kier molecular flexibility index (Phi) is 4.05. The SMILES string of the molecule is Cc1cc(Br)c(C(O)c2ccc(F)cc2)cc1Cl. The minimum Gasteiger partial charge on any atom is -0.384 e. The first kappa shape index (κ1) is 13.5. The normalized spacial score (nSPS) is 12.5. The van der Waals surface area contributed by atoms with Gasteiger partial charge >= 0.3 is 0 Å². The highest BCUT2D eigenvalue weighted by Crippen LogP contribution is 2.32. The third kappa shape index (κ3) is 2.74. The summed E-state index contributed by atoms with van der Waals surface area (Å²) in [5, 5.41) is 10.9. The minimum atomic E-state index is -0.835. The van der Waals surface area contributed by atoms with Gasteiger partial charge in [0.15, 0.2) is 0 Å². The highest BCUT2D eigenvalue weighted by molar-refractivity contribution is 9.10. The second-order valence-electron chi connectivity index (χ2n) is 4.08. The van der Waals surface area contributed by atoms with E-state index in [0.717, 1.165) is 10.0 Å². The Morgan fingerprint density at radius 2 is 1.83 bits per heavy atom. The van der Waals surface area contributed by atoms with E-state index in [2.05, 4.69) is 15.9 Å². The summed E-state index contributed by atoms with van der Waals surface area (Å²) in [7, 11) is 0. The van der Waals surface area contributed by atoms with Crippen molar-refractivity contribution in [2.24, 2.45) is 0 Å². The highest BCUT2D eigenvalue weighted by Gasteiger charge is 2.15. The van der Waals surface area contributed by atoms with Crippen molar-refractivity contribution in [1.29, 1.82) is 0 Å². The zero-order valence-electron chi connectivity index (χ0n) is 9.62. The molecular formula is C14H11BrClFO. The Hall–Kier alpha value is -0.900. The molecule has 0 saturated carbocycles. The van der Waals surface area contributed by atoms with Crippen molar-refractivity contribution in [3.05, 3.63) is 68.4 Å². The van der Waals surface area contributed by atoms with Gasteiger partial charge in [-0.3, -0.25) is 0 Å². The summed E-state index contributed by atoms with van der Waals surface area (Å²) in [6, 6.07) is 9.32. The van der Waals surface area contributed by atoms with E-state index in [4.69, 9.17) is 11.6 Å². The predicted octanol–water partition coefficient (Wildman–Crippen LogP) is 4.63. The van der Waals surface area contributed by atoms with Crippen molar-refractivity contribution < 1.29 is 9.50 Å². The molecule has 0 radical (unpaired) electrons. The molecule has 1 atom stereocenters. The van der Waals surface area contributed by atoms with Gasteiger partial charge in [-0.25, -0.2) is 4.39 Å². The average Bonchev–Trinajstić information content (AvgIpc) is 2.34. The molecule has 0 aliphatic carbocycles. The second kappa shape index (κ2) is 5.39. The molecule has 1 N–H and O–H groups in total. The molecule has 0 aromatic heterocycles. The second-order valence-corrected chi connectivity index (χ2v) is 5.34. The molecule has 0 fully saturated rings. The maximum atomic E-state index is 12.8. The van der Waals surface area contributed by atoms with Crippen LogP contribution in [0.15, 0.2) is 40.9 Å². The van der Waals surface area contributed by atoms with Crippen molar-refractivity contribution in [1.82, 2.24) is 0 Å². The van der Waals surface area contributed by atoms with E-state index in [-0.39, 0.29) is 5.82 Å². The average molecular weight is 330 g/mol. The lowest BCUT2D eigenvalue weighted by Gasteiger charge is -2.14. The van der Waals surface area contributed by atoms with Gasteiger partial charge in [-0.15, -0.1) is 0 Å². The van der Waals surface area contributed by atoms with Gasteiger partial charge in [0.1, 0.15) is 11.9 Å². The van der Waals surface area contributed by atoms with Crippen molar-refractivity contribution >= 4 is 27.5 Å². The molecule has 1 nitrogen and oxygen atoms in total. The van der Waals surface area contributed by atoms with Gasteiger partial charge in [-0.1, -0.05) is 39.7 Å². The van der Waals surface area contributed by atoms with Gasteiger partial charge in [0.05, 0.1) is 0 Å². The topological polar surface area (TPSA) is 20.2 Å². The standard InChI is InChI=1S/C14H11BrClFO/c1-8-6-12(15)11(7-13(8)16)14(18)9-2-4-10(17)5-3-9/h2-7,14,18H,1H3. The van der Waals surface area contributed by atoms with Crippen LogP contribution in [-0.2, 0) is 0 Å². The molecule has 2 rings (SSSR count). The fourth-order valence-electron chi connectivity index (χ4n) is 1.70. The number of aliphatic hydroxyl groups excluding tert-OH is 1. The fraction of sp³-hybridized carbons (Fsp3) is 0.143. The van der Waals surface area contributed by atoms with E-state index in [1.807, 2.05) is 13.0 Å². The Balaban J connectivity index is 2.42. The van der Waals surface area contributed by atoms with E-state index in [1.165, 1.54) is 12.1 Å². The molecule has 0 heterocycles. The van der Waals surface area contributed by atoms with Crippen LogP contribution in [0.5, 0.6) is 0 Å². The Labute approximate surface area is 118 Å². The Bertz CT molecular complexity index is 569. The third-order valence-electron chi connectivity index (χ3n) is 2.76. The van der Waals surface area contributed by atoms with Gasteiger partial charge in [0, 0.05) is 15.1 Å². The van der Waals surface area contributed by atoms with E-state index in [9.17, 15) is 9.50 Å². The van der Waals surface area contributed by atoms with E-state index in [1.54, 1.807) is 18.2 Å². The molecule has 0 aliphatic heterocycles. The molecule has 0 bridgehead atoms. The first-order valence-corrected chi connectivity index (χ1v) is 6.55. The van der Waals surface area contributed by atoms with Gasteiger partial charge in [0.2, 0.25) is 0 Å². The maximum absolute atomic E-state index is 12.8. The lowest BCUT2D eigenvalue weighted by Crippen LogP contribution is -2.01. The van der Waals surface area contributed by atoms with Gasteiger partial charge < -0.3 is 5.11 Å². The summed E-state index contributed by atoms with van der Waals surface area (Å²) in [5.41, 5.74) is 2.22. The number of aryl methyl sites for hydroxylation is 1. The van der Waals surface area contributed by atoms with Crippen LogP contribution >= 0.6 is 27.5 Å². The van der Waals surface area contributed by atoms with E-state index >= 15 is 0 Å². The molecule has 1 unspecified atom stereocenters. The van der Waals surface area contributed by atoms with Crippen LogP contribution in [0.4, 0.5) is 4.39 Å². The molecule has 0 amide bonds. The largest absolute Gasteiger partial charge is 0.384 e. The lowest BCUT2D eigenvalue weighted by atomic mass is 10.0. The summed E-state index contributed by atoms with van der Waals surface area (Å²) >= 11 is 9.45. The molecule has 4 heteroatoms. The predicted molar refractivity (Wildman–Crippen MR) is 74.4 cm³/mol. The quantitative estimate of drug-likeness (QED) is 0.851. The number of hydrogen-bond acceptors (Lipinski definition) is 1. The van der Waals surface area contributed by atoms with Gasteiger partial charge in [0.25, 0.3) is 0 Å². The highest BCUT2D eigenvalue weighted by atomic mass is 79.9. The van der Waals surface area contributed by atoms with Crippen LogP contribution in [-0.4, -0.2) is 5.11 Å². The zero-order chi connectivity index (χ0) is 13.3. The molecule has 2 aromatic carbocycles. The minimum absolute atomic E-state index is 0.327. The van der Waals surface area contributed by atoms with Crippen LogP contribution in [0.2, 0.25) is 5.02 Å². The van der Waals surface area contributed by atoms with Crippen molar-refractivity contribution in [3.63, 3.8) is 0 Å². The van der Waals surface area contributed by atoms with Gasteiger partial charge in [-0.2, -0.15) is 0 Å². The third-order valence-corrected chi connectivity index (χ3v) is 3.85. The zero-order valence-corrected chi connectivity index (χ0v) is 12.0. The summed E-state index contributed by atoms with van der Waals surface area (Å²) in [6.07, 6.45) is -0.835. The number of rotatable bonds is 2. The van der Waals surface area contributed by atoms with Crippen molar-refractivity contribution in [2.45, 2.75) is 13.0 Å². The molecule has 0 saturated heterocycles. The van der Waals surface area contributed by atoms with Crippen molar-refractivity contribution in [3.8, 4) is 0 Å². The van der Waals surface area contributed by atoms with Gasteiger partial charge in [-0.05, 0) is 42.3 Å². The summed E-state index contributed by atoms with van der Waals surface area (Å²) in [5.74, 6) is -0.327. The lowest BCUT2D eigenvalue weighted by molar-refractivity contribution is 0.219. The van der Waals surface area contributed by atoms with Crippen LogP contribution in [0.1, 0.15) is 22.8 Å². The molecule has 0 aliphatic rings. The van der Waals surface area contributed by atoms with Crippen LogP contribution < -0.4 is 0 Å². The van der Waals surface area contributed by atoms with Crippen LogP contribution in [0, 0.1) is 12.7 Å². The monoisotopic (exact) mass is 328 g/mol. The smallest absolute Gasteiger partial charge is 0.123 e. The summed E-state index contributed by atoms with van der Waals surface area (Å²) in [4.78, 5) is 0. The first-order chi connectivity index (χ1) is 8.49. The number of hydrogen-bond donors (Lipinski definition) is 1. The summed E-state index contributed by atoms with van der Waals surface area (Å²) in [6.45, 7) is 1.89. The van der Waals surface area contributed by atoms with Crippen LogP contribution in [0.3, 0.4) is 0 Å². The number of halogens is 3. The Morgan fingerprint density at radius 3 is 2.44 bits per heavy atom. The first-order valence-electron chi connectivity index (χ1n) is 5.38. The van der Waals surface area contributed by atoms with Crippen LogP contribution in [0.25, 0.3) is 0 Å². The van der Waals surface area contributed by atoms with E-state index in [0.29, 0.717) is 16.1 Å². The summed E-state index contributed by atoms with van der Waals surface area (Å²) < 4.78 is 13.6. The molecule has 2 aromatic rings. The molecular weight excluding hydrogens is 319 g/mol. The number of aliphatic hydroxyl groups is 1. The van der Waals surface area contributed by atoms with E-state index < -0.39 is 6.10 Å². The molecule has 94 valence electrons. The molecule has 18 heavy (non-hydrogen) atoms. The maximum Gasteiger partial charge on any atom is 0.123 e.